The van der Waals surface area contributed by atoms with E-state index in [2.05, 4.69) is 11.4 Å². The Kier molecular flexibility index (Phi) is 8.87. The van der Waals surface area contributed by atoms with E-state index in [1.807, 2.05) is 72.8 Å². The predicted octanol–water partition coefficient (Wildman–Crippen LogP) is 3.44. The fourth-order valence-electron chi connectivity index (χ4n) is 3.95. The molecule has 0 saturated carbocycles. The van der Waals surface area contributed by atoms with Crippen LogP contribution in [0.4, 0.5) is 4.79 Å². The molecule has 1 aliphatic heterocycles. The summed E-state index contributed by atoms with van der Waals surface area (Å²) in [6, 6.07) is 24.5. The molecule has 2 atom stereocenters. The summed E-state index contributed by atoms with van der Waals surface area (Å²) in [5, 5.41) is 14.3. The van der Waals surface area contributed by atoms with Gasteiger partial charge in [-0.2, -0.15) is 5.26 Å². The van der Waals surface area contributed by atoms with Gasteiger partial charge in [0, 0.05) is 19.5 Å². The zero-order valence-electron chi connectivity index (χ0n) is 20.0. The third kappa shape index (κ3) is 7.04. The van der Waals surface area contributed by atoms with Gasteiger partial charge in [0.25, 0.3) is 5.91 Å². The summed E-state index contributed by atoms with van der Waals surface area (Å²) in [5.74, 6) is -0.542. The van der Waals surface area contributed by atoms with Gasteiger partial charge in [0.1, 0.15) is 6.04 Å². The van der Waals surface area contributed by atoms with Crippen molar-refractivity contribution in [3.8, 4) is 6.07 Å². The largest absolute Gasteiger partial charge is 0.436 e. The lowest BCUT2D eigenvalue weighted by Gasteiger charge is -2.28. The molecule has 1 aliphatic rings. The Bertz CT molecular complexity index is 1200. The molecule has 1 fully saturated rings. The Hall–Kier alpha value is -3.93. The van der Waals surface area contributed by atoms with Crippen molar-refractivity contribution >= 4 is 22.8 Å². The van der Waals surface area contributed by atoms with Crippen molar-refractivity contribution in [3.05, 3.63) is 83.9 Å². The minimum atomic E-state index is -1.11. The highest BCUT2D eigenvalue weighted by Crippen LogP contribution is 2.18. The molecule has 8 nitrogen and oxygen atoms in total. The number of morpholine rings is 1. The number of nitriles is 1. The molecule has 0 aromatic heterocycles. The van der Waals surface area contributed by atoms with E-state index in [1.54, 1.807) is 0 Å². The monoisotopic (exact) mass is 487 g/mol. The van der Waals surface area contributed by atoms with Crippen molar-refractivity contribution in [1.82, 2.24) is 10.2 Å². The fraction of sp³-hybridized carbons (Fsp3) is 0.321. The fourth-order valence-corrected chi connectivity index (χ4v) is 3.95. The number of hydrogen-bond donors (Lipinski definition) is 1. The topological polar surface area (TPSA) is 101 Å². The summed E-state index contributed by atoms with van der Waals surface area (Å²) >= 11 is 0. The average Bonchev–Trinajstić information content (AvgIpc) is 2.93. The van der Waals surface area contributed by atoms with Gasteiger partial charge in [0.2, 0.25) is 0 Å². The van der Waals surface area contributed by atoms with E-state index in [0.29, 0.717) is 32.9 Å². The van der Waals surface area contributed by atoms with Gasteiger partial charge in [-0.25, -0.2) is 4.79 Å². The number of hydrogen-bond acceptors (Lipinski definition) is 6. The lowest BCUT2D eigenvalue weighted by molar-refractivity contribution is -0.131. The molecule has 3 aromatic rings. The molecular weight excluding hydrogens is 458 g/mol. The number of nitrogens with one attached hydrogen (secondary N) is 1. The number of rotatable bonds is 9. The first-order valence-electron chi connectivity index (χ1n) is 11.9. The predicted molar refractivity (Wildman–Crippen MR) is 134 cm³/mol. The lowest BCUT2D eigenvalue weighted by Crippen LogP contribution is -2.48. The summed E-state index contributed by atoms with van der Waals surface area (Å²) in [7, 11) is 0. The summed E-state index contributed by atoms with van der Waals surface area (Å²) < 4.78 is 16.6. The molecule has 0 spiro atoms. The molecular formula is C28H29N3O5. The molecule has 4 rings (SSSR count). The summed E-state index contributed by atoms with van der Waals surface area (Å²) in [5.41, 5.74) is 1.81. The van der Waals surface area contributed by atoms with Crippen LogP contribution in [0.3, 0.4) is 0 Å². The molecule has 0 radical (unpaired) electrons. The summed E-state index contributed by atoms with van der Waals surface area (Å²) in [6.07, 6.45) is -1.50. The van der Waals surface area contributed by atoms with E-state index in [-0.39, 0.29) is 13.0 Å². The number of carbonyl (C=O) groups is 2. The minimum absolute atomic E-state index is 0.0111. The van der Waals surface area contributed by atoms with Gasteiger partial charge in [-0.3, -0.25) is 4.79 Å². The zero-order valence-corrected chi connectivity index (χ0v) is 20.0. The lowest BCUT2D eigenvalue weighted by atomic mass is 10.0. The van der Waals surface area contributed by atoms with Crippen molar-refractivity contribution in [1.29, 1.82) is 5.26 Å². The first-order chi connectivity index (χ1) is 17.6. The average molecular weight is 488 g/mol. The van der Waals surface area contributed by atoms with Crippen molar-refractivity contribution in [2.75, 3.05) is 32.9 Å². The maximum atomic E-state index is 13.2. The van der Waals surface area contributed by atoms with Crippen LogP contribution in [0.5, 0.6) is 0 Å². The zero-order chi connectivity index (χ0) is 25.2. The smallest absolute Gasteiger partial charge is 0.410 e. The van der Waals surface area contributed by atoms with E-state index < -0.39 is 24.1 Å². The highest BCUT2D eigenvalue weighted by atomic mass is 16.6. The third-order valence-electron chi connectivity index (χ3n) is 5.91. The standard InChI is InChI=1S/C28H29N3O5/c29-18-25(20-35-19-21-6-2-1-3-7-21)30-27(32)26(36-28(33)31-12-14-34-15-13-31)17-22-10-11-23-8-4-5-9-24(23)16-22/h1-11,16,25-26H,12-15,17,19-20H2,(H,30,32)/t25-,26+/m1/s1. The van der Waals surface area contributed by atoms with Gasteiger partial charge in [-0.05, 0) is 21.9 Å². The number of ether oxygens (including phenoxy) is 3. The van der Waals surface area contributed by atoms with Crippen molar-refractivity contribution < 1.29 is 23.8 Å². The first-order valence-corrected chi connectivity index (χ1v) is 11.9. The van der Waals surface area contributed by atoms with Gasteiger partial charge in [-0.1, -0.05) is 72.8 Å². The Morgan fingerprint density at radius 2 is 1.69 bits per heavy atom. The van der Waals surface area contributed by atoms with Gasteiger partial charge in [-0.15, -0.1) is 0 Å². The van der Waals surface area contributed by atoms with E-state index in [0.717, 1.165) is 21.9 Å². The molecule has 1 heterocycles. The Morgan fingerprint density at radius 1 is 0.972 bits per heavy atom. The van der Waals surface area contributed by atoms with E-state index in [4.69, 9.17) is 14.2 Å². The van der Waals surface area contributed by atoms with Gasteiger partial charge < -0.3 is 24.4 Å². The maximum absolute atomic E-state index is 13.2. The van der Waals surface area contributed by atoms with Crippen LogP contribution in [0.15, 0.2) is 72.8 Å². The molecule has 8 heteroatoms. The van der Waals surface area contributed by atoms with Crippen molar-refractivity contribution in [2.24, 2.45) is 0 Å². The molecule has 36 heavy (non-hydrogen) atoms. The number of amides is 2. The molecule has 1 saturated heterocycles. The number of fused-ring (bicyclic) bond motifs is 1. The van der Waals surface area contributed by atoms with Gasteiger partial charge in [0.05, 0.1) is 32.5 Å². The second-order valence-electron chi connectivity index (χ2n) is 8.55. The van der Waals surface area contributed by atoms with E-state index in [1.165, 1.54) is 4.90 Å². The number of nitrogens with zero attached hydrogens (tertiary/aromatic N) is 2. The summed E-state index contributed by atoms with van der Waals surface area (Å²) in [6.45, 7) is 1.98. The van der Waals surface area contributed by atoms with Crippen molar-refractivity contribution in [2.45, 2.75) is 25.2 Å². The van der Waals surface area contributed by atoms with Crippen LogP contribution < -0.4 is 5.32 Å². The number of carbonyl (C=O) groups excluding carboxylic acids is 2. The first kappa shape index (κ1) is 25.2. The van der Waals surface area contributed by atoms with Crippen LogP contribution in [-0.2, 0) is 32.0 Å². The van der Waals surface area contributed by atoms with Crippen LogP contribution in [0, 0.1) is 11.3 Å². The molecule has 3 aromatic carbocycles. The highest BCUT2D eigenvalue weighted by molar-refractivity contribution is 5.85. The van der Waals surface area contributed by atoms with Crippen molar-refractivity contribution in [3.63, 3.8) is 0 Å². The Balaban J connectivity index is 1.43. The molecule has 2 amide bonds. The van der Waals surface area contributed by atoms with E-state index in [9.17, 15) is 14.9 Å². The molecule has 1 N–H and O–H groups in total. The Morgan fingerprint density at radius 3 is 2.44 bits per heavy atom. The second kappa shape index (κ2) is 12.7. The van der Waals surface area contributed by atoms with Gasteiger partial charge >= 0.3 is 6.09 Å². The quantitative estimate of drug-likeness (QED) is 0.496. The normalized spacial score (nSPS) is 15.0. The maximum Gasteiger partial charge on any atom is 0.410 e. The van der Waals surface area contributed by atoms with Crippen LogP contribution in [0.25, 0.3) is 10.8 Å². The van der Waals surface area contributed by atoms with Gasteiger partial charge in [0.15, 0.2) is 6.10 Å². The summed E-state index contributed by atoms with van der Waals surface area (Å²) in [4.78, 5) is 27.5. The van der Waals surface area contributed by atoms with Crippen LogP contribution in [0.2, 0.25) is 0 Å². The highest BCUT2D eigenvalue weighted by Gasteiger charge is 2.29. The Labute approximate surface area is 210 Å². The van der Waals surface area contributed by atoms with Crippen LogP contribution in [-0.4, -0.2) is 62.0 Å². The van der Waals surface area contributed by atoms with Crippen LogP contribution >= 0.6 is 0 Å². The number of benzene rings is 3. The SMILES string of the molecule is N#C[C@H](COCc1ccccc1)NC(=O)[C@H](Cc1ccc2ccccc2c1)OC(=O)N1CCOCC1. The molecule has 0 bridgehead atoms. The molecule has 186 valence electrons. The minimum Gasteiger partial charge on any atom is -0.436 e. The van der Waals surface area contributed by atoms with E-state index >= 15 is 0 Å². The third-order valence-corrected chi connectivity index (χ3v) is 5.91. The van der Waals surface area contributed by atoms with Crippen LogP contribution in [0.1, 0.15) is 11.1 Å². The second-order valence-corrected chi connectivity index (χ2v) is 8.55. The molecule has 0 unspecified atom stereocenters. The molecule has 0 aliphatic carbocycles.